The molecular formula is C22H26ClNO5. The molecule has 2 aromatic carbocycles. The Morgan fingerprint density at radius 2 is 1.72 bits per heavy atom. The highest BCUT2D eigenvalue weighted by Gasteiger charge is 2.11. The van der Waals surface area contributed by atoms with E-state index in [0.29, 0.717) is 48.3 Å². The van der Waals surface area contributed by atoms with Crippen LogP contribution in [0.1, 0.15) is 25.0 Å². The lowest BCUT2D eigenvalue weighted by Crippen LogP contribution is -2.30. The molecule has 156 valence electrons. The van der Waals surface area contributed by atoms with Gasteiger partial charge < -0.3 is 19.5 Å². The first-order chi connectivity index (χ1) is 14.0. The first-order valence-corrected chi connectivity index (χ1v) is 9.95. The summed E-state index contributed by atoms with van der Waals surface area (Å²) in [5, 5.41) is 3.23. The largest absolute Gasteiger partial charge is 0.490 e. The molecule has 0 spiro atoms. The summed E-state index contributed by atoms with van der Waals surface area (Å²) in [6.45, 7) is 5.03. The number of halogens is 1. The summed E-state index contributed by atoms with van der Waals surface area (Å²) >= 11 is 6.01. The van der Waals surface area contributed by atoms with Gasteiger partial charge in [-0.3, -0.25) is 9.59 Å². The van der Waals surface area contributed by atoms with E-state index in [0.717, 1.165) is 5.56 Å². The molecule has 0 radical (unpaired) electrons. The maximum Gasteiger partial charge on any atom is 0.310 e. The molecule has 2 rings (SSSR count). The van der Waals surface area contributed by atoms with E-state index in [-0.39, 0.29) is 18.9 Å². The summed E-state index contributed by atoms with van der Waals surface area (Å²) in [5.41, 5.74) is 1.67. The highest BCUT2D eigenvalue weighted by atomic mass is 35.5. The van der Waals surface area contributed by atoms with E-state index in [1.54, 1.807) is 24.3 Å². The second-order valence-corrected chi connectivity index (χ2v) is 6.58. The third-order valence-electron chi connectivity index (χ3n) is 4.00. The van der Waals surface area contributed by atoms with Crippen LogP contribution >= 0.6 is 11.6 Å². The van der Waals surface area contributed by atoms with Gasteiger partial charge >= 0.3 is 5.97 Å². The van der Waals surface area contributed by atoms with Crippen LogP contribution in [0.2, 0.25) is 5.02 Å². The van der Waals surface area contributed by atoms with Crippen molar-refractivity contribution < 1.29 is 23.8 Å². The minimum Gasteiger partial charge on any atom is -0.490 e. The van der Waals surface area contributed by atoms with Gasteiger partial charge in [-0.2, -0.15) is 0 Å². The van der Waals surface area contributed by atoms with E-state index in [1.165, 1.54) is 0 Å². The van der Waals surface area contributed by atoms with E-state index in [4.69, 9.17) is 25.8 Å². The number of nitrogens with one attached hydrogen (secondary N) is 1. The molecule has 0 heterocycles. The van der Waals surface area contributed by atoms with Crippen molar-refractivity contribution in [3.05, 3.63) is 58.6 Å². The lowest BCUT2D eigenvalue weighted by Gasteiger charge is -2.12. The molecule has 0 fully saturated rings. The van der Waals surface area contributed by atoms with Crippen LogP contribution in [0.4, 0.5) is 0 Å². The fraction of sp³-hybridized carbons (Fsp3) is 0.364. The molecule has 2 aromatic rings. The normalized spacial score (nSPS) is 10.3. The molecule has 0 aliphatic carbocycles. The minimum absolute atomic E-state index is 0.0271. The van der Waals surface area contributed by atoms with Crippen LogP contribution in [0, 0.1) is 0 Å². The van der Waals surface area contributed by atoms with Crippen LogP contribution in [-0.4, -0.2) is 38.2 Å². The topological polar surface area (TPSA) is 73.9 Å². The van der Waals surface area contributed by atoms with E-state index < -0.39 is 5.97 Å². The van der Waals surface area contributed by atoms with Gasteiger partial charge in [0, 0.05) is 11.6 Å². The van der Waals surface area contributed by atoms with Crippen molar-refractivity contribution >= 4 is 23.5 Å². The second-order valence-electron chi connectivity index (χ2n) is 6.18. The van der Waals surface area contributed by atoms with Crippen molar-refractivity contribution in [3.63, 3.8) is 0 Å². The molecular weight excluding hydrogens is 394 g/mol. The van der Waals surface area contributed by atoms with Gasteiger partial charge in [-0.1, -0.05) is 35.9 Å². The minimum atomic E-state index is -0.499. The van der Waals surface area contributed by atoms with Gasteiger partial charge in [0.05, 0.1) is 19.6 Å². The van der Waals surface area contributed by atoms with Gasteiger partial charge in [0.25, 0.3) is 5.91 Å². The molecule has 0 atom stereocenters. The van der Waals surface area contributed by atoms with Crippen molar-refractivity contribution in [2.24, 2.45) is 0 Å². The smallest absolute Gasteiger partial charge is 0.310 e. The molecule has 0 aromatic heterocycles. The molecule has 6 nitrogen and oxygen atoms in total. The Morgan fingerprint density at radius 3 is 2.45 bits per heavy atom. The Balaban J connectivity index is 1.74. The maximum absolute atomic E-state index is 11.9. The second kappa shape index (κ2) is 12.0. The Hall–Kier alpha value is -2.73. The molecule has 29 heavy (non-hydrogen) atoms. The van der Waals surface area contributed by atoms with Crippen LogP contribution in [0.15, 0.2) is 42.5 Å². The molecule has 0 bridgehead atoms. The van der Waals surface area contributed by atoms with Crippen LogP contribution < -0.4 is 14.8 Å². The molecule has 1 amide bonds. The number of carbonyl (C=O) groups is 2. The summed E-state index contributed by atoms with van der Waals surface area (Å²) in [5.74, 6) is 0.536. The van der Waals surface area contributed by atoms with E-state index in [9.17, 15) is 9.59 Å². The number of rotatable bonds is 11. The average molecular weight is 420 g/mol. The standard InChI is InChI=1S/C22H26ClNO5/c1-3-27-19-10-9-16(13-20(19)28-4-2)11-12-24-21(25)15-29-22(26)14-17-7-5-6-8-18(17)23/h5-10,13H,3-4,11-12,14-15H2,1-2H3,(H,24,25). The van der Waals surface area contributed by atoms with Gasteiger partial charge in [0.2, 0.25) is 0 Å². The maximum atomic E-state index is 11.9. The van der Waals surface area contributed by atoms with Gasteiger partial charge in [0.1, 0.15) is 0 Å². The van der Waals surface area contributed by atoms with E-state index in [2.05, 4.69) is 5.32 Å². The number of amides is 1. The fourth-order valence-electron chi connectivity index (χ4n) is 2.64. The highest BCUT2D eigenvalue weighted by molar-refractivity contribution is 6.31. The summed E-state index contributed by atoms with van der Waals surface area (Å²) < 4.78 is 16.2. The average Bonchev–Trinajstić information content (AvgIpc) is 2.70. The third kappa shape index (κ3) is 7.66. The Morgan fingerprint density at radius 1 is 1.00 bits per heavy atom. The SMILES string of the molecule is CCOc1ccc(CCNC(=O)COC(=O)Cc2ccccc2Cl)cc1OCC. The predicted octanol–water partition coefficient (Wildman–Crippen LogP) is 3.58. The summed E-state index contributed by atoms with van der Waals surface area (Å²) in [6.07, 6.45) is 0.644. The van der Waals surface area contributed by atoms with Crippen molar-refractivity contribution in [2.45, 2.75) is 26.7 Å². The molecule has 7 heteroatoms. The van der Waals surface area contributed by atoms with E-state index >= 15 is 0 Å². The van der Waals surface area contributed by atoms with Crippen LogP contribution in [0.25, 0.3) is 0 Å². The zero-order valence-electron chi connectivity index (χ0n) is 16.7. The van der Waals surface area contributed by atoms with Gasteiger partial charge in [0.15, 0.2) is 18.1 Å². The van der Waals surface area contributed by atoms with Crippen LogP contribution in [0.5, 0.6) is 11.5 Å². The number of esters is 1. The highest BCUT2D eigenvalue weighted by Crippen LogP contribution is 2.28. The van der Waals surface area contributed by atoms with Gasteiger partial charge in [-0.05, 0) is 49.6 Å². The molecule has 0 aliphatic rings. The zero-order chi connectivity index (χ0) is 21.1. The Kier molecular flexibility index (Phi) is 9.31. The van der Waals surface area contributed by atoms with Crippen LogP contribution in [-0.2, 0) is 27.2 Å². The number of carbonyl (C=O) groups excluding carboxylic acids is 2. The summed E-state index contributed by atoms with van der Waals surface area (Å²) in [6, 6.07) is 12.7. The first-order valence-electron chi connectivity index (χ1n) is 9.57. The Labute approximate surface area is 176 Å². The van der Waals surface area contributed by atoms with Gasteiger partial charge in [-0.15, -0.1) is 0 Å². The lowest BCUT2D eigenvalue weighted by atomic mass is 10.1. The quantitative estimate of drug-likeness (QED) is 0.563. The first kappa shape index (κ1) is 22.6. The molecule has 0 unspecified atom stereocenters. The number of benzene rings is 2. The van der Waals surface area contributed by atoms with E-state index in [1.807, 2.05) is 32.0 Å². The van der Waals surface area contributed by atoms with Crippen molar-refractivity contribution in [1.29, 1.82) is 0 Å². The lowest BCUT2D eigenvalue weighted by molar-refractivity contribution is -0.147. The Bertz CT molecular complexity index is 825. The van der Waals surface area contributed by atoms with Crippen molar-refractivity contribution in [3.8, 4) is 11.5 Å². The molecule has 1 N–H and O–H groups in total. The molecule has 0 saturated carbocycles. The van der Waals surface area contributed by atoms with Crippen LogP contribution in [0.3, 0.4) is 0 Å². The third-order valence-corrected chi connectivity index (χ3v) is 4.37. The van der Waals surface area contributed by atoms with Crippen molar-refractivity contribution in [1.82, 2.24) is 5.32 Å². The molecule has 0 saturated heterocycles. The number of ether oxygens (including phenoxy) is 3. The summed E-state index contributed by atoms with van der Waals surface area (Å²) in [7, 11) is 0. The fourth-order valence-corrected chi connectivity index (χ4v) is 2.85. The predicted molar refractivity (Wildman–Crippen MR) is 112 cm³/mol. The zero-order valence-corrected chi connectivity index (χ0v) is 17.5. The number of hydrogen-bond acceptors (Lipinski definition) is 5. The van der Waals surface area contributed by atoms with Crippen molar-refractivity contribution in [2.75, 3.05) is 26.4 Å². The van der Waals surface area contributed by atoms with Gasteiger partial charge in [-0.25, -0.2) is 0 Å². The monoisotopic (exact) mass is 419 g/mol. The molecule has 0 aliphatic heterocycles. The summed E-state index contributed by atoms with van der Waals surface area (Å²) in [4.78, 5) is 23.8. The number of hydrogen-bond donors (Lipinski definition) is 1.